The first-order chi connectivity index (χ1) is 12.9. The lowest BCUT2D eigenvalue weighted by Crippen LogP contribution is -2.34. The van der Waals surface area contributed by atoms with Crippen molar-refractivity contribution in [2.24, 2.45) is 5.92 Å². The summed E-state index contributed by atoms with van der Waals surface area (Å²) in [7, 11) is -1.84. The fourth-order valence-electron chi connectivity index (χ4n) is 3.69. The number of pyridine rings is 1. The van der Waals surface area contributed by atoms with Crippen molar-refractivity contribution in [3.63, 3.8) is 0 Å². The minimum absolute atomic E-state index is 0.164. The number of rotatable bonds is 7. The number of sulfonamides is 1. The number of carbonyl (C=O) groups is 1. The minimum atomic E-state index is -3.19. The van der Waals surface area contributed by atoms with Gasteiger partial charge in [-0.3, -0.25) is 0 Å². The average Bonchev–Trinajstić information content (AvgIpc) is 3.11. The van der Waals surface area contributed by atoms with Crippen molar-refractivity contribution in [2.45, 2.75) is 38.6 Å². The zero-order chi connectivity index (χ0) is 19.4. The first kappa shape index (κ1) is 19.6. The molecule has 1 aliphatic rings. The third-order valence-corrected chi connectivity index (χ3v) is 6.65. The van der Waals surface area contributed by atoms with E-state index in [0.29, 0.717) is 17.8 Å². The van der Waals surface area contributed by atoms with Crippen LogP contribution in [0.3, 0.4) is 0 Å². The molecule has 0 aromatic carbocycles. The van der Waals surface area contributed by atoms with Gasteiger partial charge >= 0.3 is 5.97 Å². The number of fused-ring (bicyclic) bond motifs is 1. The van der Waals surface area contributed by atoms with Crippen LogP contribution in [0.5, 0.6) is 0 Å². The van der Waals surface area contributed by atoms with E-state index < -0.39 is 16.0 Å². The van der Waals surface area contributed by atoms with Gasteiger partial charge in [-0.1, -0.05) is 6.92 Å². The van der Waals surface area contributed by atoms with Crippen molar-refractivity contribution in [3.8, 4) is 0 Å². The molecule has 0 amide bonds. The summed E-state index contributed by atoms with van der Waals surface area (Å²) in [5.74, 6) is -0.0893. The first-order valence-electron chi connectivity index (χ1n) is 9.21. The second kappa shape index (κ2) is 8.26. The van der Waals surface area contributed by atoms with Gasteiger partial charge in [0.1, 0.15) is 11.2 Å². The van der Waals surface area contributed by atoms with Gasteiger partial charge in [0.05, 0.1) is 18.6 Å². The maximum atomic E-state index is 12.1. The number of anilines is 1. The molecule has 0 unspecified atom stereocenters. The van der Waals surface area contributed by atoms with E-state index in [1.165, 1.54) is 13.3 Å². The fourth-order valence-corrected chi connectivity index (χ4v) is 5.21. The Morgan fingerprint density at radius 3 is 2.74 bits per heavy atom. The van der Waals surface area contributed by atoms with Gasteiger partial charge in [-0.15, -0.1) is 0 Å². The van der Waals surface area contributed by atoms with Crippen molar-refractivity contribution in [1.82, 2.24) is 14.7 Å². The molecule has 3 rings (SSSR count). The molecule has 1 saturated carbocycles. The normalized spacial score (nSPS) is 20.5. The molecular formula is C18H26N4O4S. The summed E-state index contributed by atoms with van der Waals surface area (Å²) < 4.78 is 31.3. The minimum Gasteiger partial charge on any atom is -0.465 e. The van der Waals surface area contributed by atoms with Crippen molar-refractivity contribution < 1.29 is 17.9 Å². The number of methoxy groups -OCH3 is 1. The van der Waals surface area contributed by atoms with E-state index >= 15 is 0 Å². The highest BCUT2D eigenvalue weighted by molar-refractivity contribution is 7.89. The van der Waals surface area contributed by atoms with Crippen LogP contribution in [0.15, 0.2) is 18.5 Å². The van der Waals surface area contributed by atoms with Crippen LogP contribution >= 0.6 is 0 Å². The van der Waals surface area contributed by atoms with E-state index in [9.17, 15) is 13.2 Å². The highest BCUT2D eigenvalue weighted by atomic mass is 32.2. The number of ether oxygens (including phenoxy) is 1. The highest BCUT2D eigenvalue weighted by Gasteiger charge is 2.27. The number of aromatic amines is 1. The predicted molar refractivity (Wildman–Crippen MR) is 104 cm³/mol. The Kier molecular flexibility index (Phi) is 6.01. The lowest BCUT2D eigenvalue weighted by Gasteiger charge is -2.30. The number of carbonyl (C=O) groups excluding carboxylic acids is 1. The van der Waals surface area contributed by atoms with Gasteiger partial charge in [0.2, 0.25) is 10.0 Å². The summed E-state index contributed by atoms with van der Waals surface area (Å²) in [6.07, 6.45) is 6.66. The number of aromatic nitrogens is 2. The van der Waals surface area contributed by atoms with Crippen molar-refractivity contribution in [3.05, 3.63) is 24.0 Å². The molecule has 148 valence electrons. The smallest absolute Gasteiger partial charge is 0.341 e. The van der Waals surface area contributed by atoms with Gasteiger partial charge in [-0.2, -0.15) is 0 Å². The van der Waals surface area contributed by atoms with E-state index in [1.807, 2.05) is 6.07 Å². The standard InChI is InChI=1S/C18H26N4O4S/c1-3-21-27(24,25)11-12-4-6-13(7-5-12)22-16-14-8-9-19-17(14)20-10-15(16)18(23)26-2/h8-10,12-13,21H,3-7,11H2,1-2H3,(H2,19,20,22)/t12-,13-. The molecule has 1 fully saturated rings. The fraction of sp³-hybridized carbons (Fsp3) is 0.556. The lowest BCUT2D eigenvalue weighted by atomic mass is 9.87. The van der Waals surface area contributed by atoms with Gasteiger partial charge < -0.3 is 15.0 Å². The summed E-state index contributed by atoms with van der Waals surface area (Å²) in [6, 6.07) is 2.05. The van der Waals surface area contributed by atoms with Crippen molar-refractivity contribution >= 4 is 32.7 Å². The molecule has 2 aromatic rings. The lowest BCUT2D eigenvalue weighted by molar-refractivity contribution is 0.0601. The molecule has 0 bridgehead atoms. The zero-order valence-electron chi connectivity index (χ0n) is 15.6. The van der Waals surface area contributed by atoms with Crippen molar-refractivity contribution in [1.29, 1.82) is 0 Å². The largest absolute Gasteiger partial charge is 0.465 e. The molecular weight excluding hydrogens is 368 g/mol. The van der Waals surface area contributed by atoms with Crippen LogP contribution in [0.4, 0.5) is 5.69 Å². The van der Waals surface area contributed by atoms with E-state index in [4.69, 9.17) is 4.74 Å². The highest BCUT2D eigenvalue weighted by Crippen LogP contribution is 2.32. The Labute approximate surface area is 159 Å². The predicted octanol–water partition coefficient (Wildman–Crippen LogP) is 2.26. The van der Waals surface area contributed by atoms with E-state index in [0.717, 1.165) is 36.8 Å². The first-order valence-corrected chi connectivity index (χ1v) is 10.9. The molecule has 9 heteroatoms. The number of hydrogen-bond acceptors (Lipinski definition) is 6. The Balaban J connectivity index is 1.70. The summed E-state index contributed by atoms with van der Waals surface area (Å²) >= 11 is 0. The summed E-state index contributed by atoms with van der Waals surface area (Å²) in [5, 5.41) is 4.32. The van der Waals surface area contributed by atoms with Crippen LogP contribution in [-0.2, 0) is 14.8 Å². The Morgan fingerprint density at radius 1 is 1.33 bits per heavy atom. The summed E-state index contributed by atoms with van der Waals surface area (Å²) in [6.45, 7) is 2.21. The number of nitrogens with zero attached hydrogens (tertiary/aromatic N) is 1. The summed E-state index contributed by atoms with van der Waals surface area (Å²) in [4.78, 5) is 19.4. The van der Waals surface area contributed by atoms with Crippen molar-refractivity contribution in [2.75, 3.05) is 24.7 Å². The van der Waals surface area contributed by atoms with E-state index in [-0.39, 0.29) is 17.7 Å². The van der Waals surface area contributed by atoms with E-state index in [1.54, 1.807) is 13.1 Å². The van der Waals surface area contributed by atoms with Crippen LogP contribution in [0.1, 0.15) is 43.0 Å². The Bertz CT molecular complexity index is 901. The zero-order valence-corrected chi connectivity index (χ0v) is 16.4. The van der Waals surface area contributed by atoms with Gasteiger partial charge in [0.25, 0.3) is 0 Å². The molecule has 0 aliphatic heterocycles. The average molecular weight is 394 g/mol. The molecule has 3 N–H and O–H groups in total. The molecule has 0 saturated heterocycles. The molecule has 8 nitrogen and oxygen atoms in total. The molecule has 0 radical (unpaired) electrons. The quantitative estimate of drug-likeness (QED) is 0.621. The maximum Gasteiger partial charge on any atom is 0.341 e. The topological polar surface area (TPSA) is 113 Å². The number of nitrogens with one attached hydrogen (secondary N) is 3. The van der Waals surface area contributed by atoms with Crippen LogP contribution in [0.25, 0.3) is 11.0 Å². The van der Waals surface area contributed by atoms with Gasteiger partial charge in [0, 0.05) is 30.4 Å². The number of esters is 1. The molecule has 0 spiro atoms. The third kappa shape index (κ3) is 4.59. The van der Waals surface area contributed by atoms with Gasteiger partial charge in [0.15, 0.2) is 0 Å². The monoisotopic (exact) mass is 394 g/mol. The van der Waals surface area contributed by atoms with E-state index in [2.05, 4.69) is 20.0 Å². The second-order valence-corrected chi connectivity index (χ2v) is 8.77. The Morgan fingerprint density at radius 2 is 2.07 bits per heavy atom. The van der Waals surface area contributed by atoms with Crippen LogP contribution in [0.2, 0.25) is 0 Å². The molecule has 0 atom stereocenters. The van der Waals surface area contributed by atoms with Gasteiger partial charge in [-0.25, -0.2) is 22.9 Å². The van der Waals surface area contributed by atoms with Crippen LogP contribution in [-0.4, -0.2) is 49.8 Å². The maximum absolute atomic E-state index is 12.1. The Hall–Kier alpha value is -2.13. The molecule has 2 heterocycles. The van der Waals surface area contributed by atoms with Crippen LogP contribution < -0.4 is 10.0 Å². The van der Waals surface area contributed by atoms with Crippen LogP contribution in [0, 0.1) is 5.92 Å². The number of H-pyrrole nitrogens is 1. The second-order valence-electron chi connectivity index (χ2n) is 6.92. The third-order valence-electron chi connectivity index (χ3n) is 5.01. The summed E-state index contributed by atoms with van der Waals surface area (Å²) in [5.41, 5.74) is 1.83. The molecule has 2 aromatic heterocycles. The molecule has 27 heavy (non-hydrogen) atoms. The van der Waals surface area contributed by atoms with Gasteiger partial charge in [-0.05, 0) is 37.7 Å². The SMILES string of the molecule is CCNS(=O)(=O)C[C@H]1CC[C@H](Nc2c(C(=O)OC)cnc3[nH]ccc23)CC1. The number of hydrogen-bond donors (Lipinski definition) is 3. The molecule has 1 aliphatic carbocycles.